The number of aliphatic hydroxyl groups is 1. The van der Waals surface area contributed by atoms with Gasteiger partial charge in [0.2, 0.25) is 24.1 Å². The van der Waals surface area contributed by atoms with Gasteiger partial charge in [0, 0.05) is 98.3 Å². The van der Waals surface area contributed by atoms with E-state index in [4.69, 9.17) is 6.42 Å². The Morgan fingerprint density at radius 1 is 0.964 bits per heavy atom. The highest BCUT2D eigenvalue weighted by Gasteiger charge is 2.34. The number of aliphatic hydroxyl groups excluding tert-OH is 1. The molecule has 2 bridgehead atoms. The molecule has 446 valence electrons. The summed E-state index contributed by atoms with van der Waals surface area (Å²) in [4.78, 5) is 76.3. The van der Waals surface area contributed by atoms with Crippen LogP contribution in [-0.4, -0.2) is 136 Å². The number of fused-ring (bicyclic) bond motifs is 4. The number of amides is 4. The number of likely N-dealkylation sites (tertiary alicyclic amines) is 2. The fourth-order valence-electron chi connectivity index (χ4n) is 10.6. The lowest BCUT2D eigenvalue weighted by atomic mass is 9.96. The largest absolute Gasteiger partial charge is 0.508 e. The highest BCUT2D eigenvalue weighted by atomic mass is 32.2. The number of piperazine rings is 1. The summed E-state index contributed by atoms with van der Waals surface area (Å²) < 4.78 is 30.4. The summed E-state index contributed by atoms with van der Waals surface area (Å²) in [5.74, 6) is 1.78. The smallest absolute Gasteiger partial charge is 0.347 e. The number of likely N-dealkylation sites (N-methyl/N-ethyl adjacent to an activating group) is 1. The van der Waals surface area contributed by atoms with E-state index in [1.165, 1.54) is 46.5 Å². The highest BCUT2D eigenvalue weighted by molar-refractivity contribution is 8.10. The number of thioether (sulfide) groups is 1. The number of nitrogens with zero attached hydrogens (tertiary/aromatic N) is 5. The zero-order valence-corrected chi connectivity index (χ0v) is 49.8. The first-order chi connectivity index (χ1) is 39.7. The second-order valence-corrected chi connectivity index (χ2v) is 23.6. The van der Waals surface area contributed by atoms with Crippen molar-refractivity contribution in [3.05, 3.63) is 111 Å². The topological polar surface area (TPSA) is 225 Å². The molecule has 0 saturated carbocycles. The predicted molar refractivity (Wildman–Crippen MR) is 327 cm³/mol. The Hall–Kier alpha value is -7.18. The number of terminal acetylenes is 1. The lowest BCUT2D eigenvalue weighted by molar-refractivity contribution is -0.132. The molecule has 4 saturated heterocycles. The van der Waals surface area contributed by atoms with Gasteiger partial charge in [-0.2, -0.15) is 4.98 Å². The fourth-order valence-corrected chi connectivity index (χ4v) is 11.3. The number of phenolic OH excluding ortho intramolecular Hbond substituents is 1. The Labute approximate surface area is 490 Å². The second kappa shape index (κ2) is 31.5. The number of phenols is 1. The number of benzene rings is 3. The van der Waals surface area contributed by atoms with Gasteiger partial charge < -0.3 is 51.2 Å². The first kappa shape index (κ1) is 65.0. The molecule has 4 aliphatic heterocycles. The number of hydrogen-bond donors (Lipinski definition) is 7. The van der Waals surface area contributed by atoms with Crippen molar-refractivity contribution in [2.75, 3.05) is 51.2 Å². The first-order valence-corrected chi connectivity index (χ1v) is 29.5. The van der Waals surface area contributed by atoms with Crippen LogP contribution in [0.25, 0.3) is 37.8 Å². The van der Waals surface area contributed by atoms with Crippen molar-refractivity contribution in [2.24, 2.45) is 5.92 Å². The number of H-pyrrole nitrogens is 1. The molecule has 83 heavy (non-hydrogen) atoms. The van der Waals surface area contributed by atoms with Crippen LogP contribution in [0.3, 0.4) is 0 Å². The number of aromatic nitrogens is 3. The molecule has 6 heterocycles. The van der Waals surface area contributed by atoms with Crippen molar-refractivity contribution in [1.82, 2.24) is 46.0 Å². The van der Waals surface area contributed by atoms with Crippen molar-refractivity contribution in [1.29, 1.82) is 0 Å². The zero-order chi connectivity index (χ0) is 60.3. The standard InChI is InChI=1S/C25H19F2N5O2.C20H36N4O4.C14H17NOS.C4H10/c1-2-16-19(26)6-3-12-7-15(33)8-17(20(12)16)22-21(27)23-18(9-28-22)24(31-25(34)30-23)32-10-13-4-5-14(11-32)29-13;1-15-11-16(13-23(15)2)22-19(27)8-6-4-3-5-7-18(26)21-12-20(28)24-10-9-17(25)14-24;1-4-17-14(11(2)3)13-7-5-12(6-8-13)9-15-10-16;1-4(2)3/h1,3,6-9,13-14,29,33H,4-5,10-11H2,(H,30,31,34);15-17,25H,3-14H2,1-2H3,(H,21,26)(H,22,27);4-8,10H,1,9H2,2-3H3,(H,15,16);4H,1-3H3/t;15-,16-,17-;;/m.1../s1. The summed E-state index contributed by atoms with van der Waals surface area (Å²) in [5, 5.41) is 34.5. The quantitative estimate of drug-likeness (QED) is 0.0249. The molecule has 7 N–H and O–H groups in total. The van der Waals surface area contributed by atoms with Gasteiger partial charge >= 0.3 is 5.69 Å². The molecule has 17 nitrogen and oxygen atoms in total. The minimum Gasteiger partial charge on any atom is -0.508 e. The maximum Gasteiger partial charge on any atom is 0.347 e. The van der Waals surface area contributed by atoms with E-state index < -0.39 is 23.4 Å². The van der Waals surface area contributed by atoms with Gasteiger partial charge in [0.05, 0.1) is 29.1 Å². The molecule has 5 aromatic rings. The molecular weight excluding hydrogens is 1080 g/mol. The molecule has 0 aliphatic carbocycles. The van der Waals surface area contributed by atoms with E-state index in [2.05, 4.69) is 114 Å². The molecule has 2 unspecified atom stereocenters. The number of allylic oxidation sites excluding steroid dienone is 1. The van der Waals surface area contributed by atoms with E-state index in [0.29, 0.717) is 93.1 Å². The van der Waals surface area contributed by atoms with E-state index in [1.807, 2.05) is 22.4 Å². The number of rotatable bonds is 18. The van der Waals surface area contributed by atoms with E-state index in [0.717, 1.165) is 63.0 Å². The third-order valence-electron chi connectivity index (χ3n) is 14.7. The van der Waals surface area contributed by atoms with E-state index in [1.54, 1.807) is 16.7 Å². The summed E-state index contributed by atoms with van der Waals surface area (Å²) in [5.41, 5.74) is 2.72. The Kier molecular flexibility index (Phi) is 24.6. The van der Waals surface area contributed by atoms with Crippen LogP contribution >= 0.6 is 11.8 Å². The van der Waals surface area contributed by atoms with Gasteiger partial charge in [0.1, 0.15) is 23.1 Å². The molecular formula is C63H82F2N10O7S. The van der Waals surface area contributed by atoms with Gasteiger partial charge in [-0.3, -0.25) is 24.2 Å². The van der Waals surface area contributed by atoms with Crippen LogP contribution in [0.1, 0.15) is 122 Å². The van der Waals surface area contributed by atoms with Crippen molar-refractivity contribution in [2.45, 2.75) is 143 Å². The second-order valence-electron chi connectivity index (χ2n) is 22.6. The lowest BCUT2D eigenvalue weighted by Gasteiger charge is -2.34. The van der Waals surface area contributed by atoms with Crippen LogP contribution in [0, 0.1) is 29.9 Å². The van der Waals surface area contributed by atoms with E-state index in [-0.39, 0.29) is 63.8 Å². The summed E-state index contributed by atoms with van der Waals surface area (Å²) >= 11 is 1.63. The molecule has 2 aromatic heterocycles. The normalized spacial score (nSPS) is 18.9. The Balaban J connectivity index is 0.000000203. The van der Waals surface area contributed by atoms with Crippen LogP contribution in [0.15, 0.2) is 77.1 Å². The van der Waals surface area contributed by atoms with Gasteiger partial charge in [-0.25, -0.2) is 13.6 Å². The average Bonchev–Trinajstić information content (AvgIpc) is 4.21. The SMILES string of the molecule is C#Cc1c(F)ccc2cc(O)cc(-c3ncc4c(N5CC6CCC(C5)N6)nc(=O)[nH]c4c3F)c12.C=CSC(=C(C)C)c1ccc(CNC=O)cc1.CC(C)C.C[C@@H]1C[C@@H](NC(=O)CCCCCCC(=O)NCC(=O)N2CC[C@@H](O)C2)CN1C. The molecule has 9 rings (SSSR count). The van der Waals surface area contributed by atoms with Gasteiger partial charge in [-0.05, 0) is 112 Å². The number of β-amino-alcohol motifs (C(OH)–C–C–N with tert-alkyl or cyclic N) is 1. The molecule has 0 spiro atoms. The van der Waals surface area contributed by atoms with Gasteiger partial charge in [-0.15, -0.1) is 6.42 Å². The van der Waals surface area contributed by atoms with E-state index >= 15 is 4.39 Å². The Morgan fingerprint density at radius 3 is 2.23 bits per heavy atom. The van der Waals surface area contributed by atoms with Crippen LogP contribution in [0.5, 0.6) is 5.75 Å². The zero-order valence-electron chi connectivity index (χ0n) is 49.0. The number of aromatic amines is 1. The molecule has 20 heteroatoms. The molecule has 4 aliphatic rings. The third kappa shape index (κ3) is 18.7. The van der Waals surface area contributed by atoms with Crippen molar-refractivity contribution in [3.63, 3.8) is 0 Å². The summed E-state index contributed by atoms with van der Waals surface area (Å²) in [6.45, 7) is 20.3. The number of pyridine rings is 1. The number of halogens is 2. The number of hydrogen-bond acceptors (Lipinski definition) is 13. The highest BCUT2D eigenvalue weighted by Crippen LogP contribution is 2.38. The first-order valence-electron chi connectivity index (χ1n) is 28.6. The van der Waals surface area contributed by atoms with Crippen LogP contribution in [0.2, 0.25) is 0 Å². The number of unbranched alkanes of at least 4 members (excludes halogenated alkanes) is 3. The summed E-state index contributed by atoms with van der Waals surface area (Å²) in [6, 6.07) is 14.9. The predicted octanol–water partition coefficient (Wildman–Crippen LogP) is 8.51. The lowest BCUT2D eigenvalue weighted by Crippen LogP contribution is -2.51. The molecule has 0 radical (unpaired) electrons. The van der Waals surface area contributed by atoms with Crippen molar-refractivity contribution >= 4 is 68.3 Å². The minimum atomic E-state index is -0.810. The molecule has 3 aromatic carbocycles. The Morgan fingerprint density at radius 2 is 1.64 bits per heavy atom. The van der Waals surface area contributed by atoms with Crippen LogP contribution in [-0.2, 0) is 25.7 Å². The van der Waals surface area contributed by atoms with Crippen molar-refractivity contribution in [3.8, 4) is 29.4 Å². The number of aromatic hydroxyl groups is 1. The number of carbonyl (C=O) groups excluding carboxylic acids is 4. The minimum absolute atomic E-state index is 0.000691. The number of carbonyl (C=O) groups is 4. The Bertz CT molecular complexity index is 3170. The van der Waals surface area contributed by atoms with Gasteiger partial charge in [0.25, 0.3) is 0 Å². The number of anilines is 1. The van der Waals surface area contributed by atoms with Gasteiger partial charge in [0.15, 0.2) is 5.82 Å². The summed E-state index contributed by atoms with van der Waals surface area (Å²) in [6.07, 6.45) is 15.3. The molecule has 5 atom stereocenters. The van der Waals surface area contributed by atoms with Crippen molar-refractivity contribution < 1.29 is 38.2 Å². The third-order valence-corrected chi connectivity index (χ3v) is 15.7. The fraction of sp³-hybridized carbons (Fsp3) is 0.476. The molecule has 4 fully saturated rings. The van der Waals surface area contributed by atoms with Crippen LogP contribution in [0.4, 0.5) is 14.6 Å². The summed E-state index contributed by atoms with van der Waals surface area (Å²) in [7, 11) is 2.08. The van der Waals surface area contributed by atoms with Crippen LogP contribution < -0.4 is 31.9 Å². The van der Waals surface area contributed by atoms with E-state index in [9.17, 15) is 38.6 Å². The molecule has 4 amide bonds. The average molecular weight is 1160 g/mol. The number of nitrogens with one attached hydrogen (secondary N) is 5. The van der Waals surface area contributed by atoms with Gasteiger partial charge in [-0.1, -0.05) is 93.8 Å². The maximum absolute atomic E-state index is 15.9. The monoisotopic (exact) mass is 1160 g/mol. The maximum atomic E-state index is 15.9.